The molecular formula is C40H39NO6. The Balaban J connectivity index is 1.21. The van der Waals surface area contributed by atoms with Crippen molar-refractivity contribution in [2.24, 2.45) is 22.2 Å². The fraction of sp³-hybridized carbons (Fsp3) is 0.400. The third-order valence-electron chi connectivity index (χ3n) is 12.1. The van der Waals surface area contributed by atoms with Gasteiger partial charge in [0.2, 0.25) is 0 Å². The minimum atomic E-state index is -1.41. The third-order valence-corrected chi connectivity index (χ3v) is 12.1. The lowest BCUT2D eigenvalue weighted by molar-refractivity contribution is -0.176. The number of Topliss-reactive ketones (excluding diaryl/α,β-unsaturated/α-hetero) is 3. The van der Waals surface area contributed by atoms with E-state index in [9.17, 15) is 4.79 Å². The first-order valence-electron chi connectivity index (χ1n) is 16.9. The smallest absolute Gasteiger partial charge is 0.265 e. The number of carbonyl (C=O) groups is 3. The number of ketones is 3. The summed E-state index contributed by atoms with van der Waals surface area (Å²) in [6, 6.07) is 23.5. The highest BCUT2D eigenvalue weighted by molar-refractivity contribution is 6.28. The zero-order valence-corrected chi connectivity index (χ0v) is 27.1. The number of hydrogen-bond donors (Lipinski definition) is 0. The summed E-state index contributed by atoms with van der Waals surface area (Å²) >= 11 is 0. The molecule has 0 amide bonds. The molecule has 47 heavy (non-hydrogen) atoms. The van der Waals surface area contributed by atoms with E-state index in [0.29, 0.717) is 49.4 Å². The average molecular weight is 630 g/mol. The summed E-state index contributed by atoms with van der Waals surface area (Å²) < 4.78 is 18.3. The molecule has 4 aliphatic rings. The summed E-state index contributed by atoms with van der Waals surface area (Å²) in [4.78, 5) is 45.1. The number of hydrogen-bond acceptors (Lipinski definition) is 7. The molecule has 4 aromatic rings. The first-order chi connectivity index (χ1) is 22.8. The van der Waals surface area contributed by atoms with E-state index in [4.69, 9.17) is 14.0 Å². The number of benzene rings is 3. The molecule has 8 rings (SSSR count). The molecule has 3 aromatic carbocycles. The second-order valence-corrected chi connectivity index (χ2v) is 14.1. The topological polar surface area (TPSA) is 95.7 Å². The van der Waals surface area contributed by atoms with Crippen molar-refractivity contribution in [1.82, 2.24) is 5.16 Å². The highest BCUT2D eigenvalue weighted by atomic mass is 16.5. The molecule has 7 nitrogen and oxygen atoms in total. The van der Waals surface area contributed by atoms with Crippen LogP contribution in [-0.2, 0) is 30.8 Å². The van der Waals surface area contributed by atoms with Gasteiger partial charge in [0.05, 0.1) is 16.4 Å². The van der Waals surface area contributed by atoms with Gasteiger partial charge in [-0.3, -0.25) is 14.4 Å². The van der Waals surface area contributed by atoms with Crippen LogP contribution in [0.2, 0.25) is 0 Å². The van der Waals surface area contributed by atoms with Gasteiger partial charge >= 0.3 is 0 Å². The summed E-state index contributed by atoms with van der Waals surface area (Å²) in [5.74, 6) is -0.129. The maximum absolute atomic E-state index is 15.3. The Morgan fingerprint density at radius 3 is 2.13 bits per heavy atom. The number of aromatic nitrogens is 1. The lowest BCUT2D eigenvalue weighted by atomic mass is 9.31. The first-order valence-corrected chi connectivity index (χ1v) is 16.9. The van der Waals surface area contributed by atoms with E-state index in [0.717, 1.165) is 35.1 Å². The average Bonchev–Trinajstić information content (AvgIpc) is 3.51. The molecule has 1 aromatic heterocycles. The fourth-order valence-electron chi connectivity index (χ4n) is 9.53. The first kappa shape index (κ1) is 29.9. The molecule has 1 heterocycles. The number of rotatable bonds is 8. The number of ether oxygens (including phenoxy) is 2. The van der Waals surface area contributed by atoms with Gasteiger partial charge in [0, 0.05) is 5.92 Å². The number of fused-ring (bicyclic) bond motifs is 3. The molecular weight excluding hydrogens is 590 g/mol. The molecule has 0 spiro atoms. The zero-order valence-electron chi connectivity index (χ0n) is 27.1. The van der Waals surface area contributed by atoms with Crippen molar-refractivity contribution < 1.29 is 28.4 Å². The number of carbonyl (C=O) groups excluding carboxylic acids is 3. The molecule has 0 N–H and O–H groups in total. The maximum Gasteiger partial charge on any atom is 0.265 e. The Labute approximate surface area is 274 Å². The molecule has 0 radical (unpaired) electrons. The molecule has 2 saturated carbocycles. The van der Waals surface area contributed by atoms with E-state index in [1.54, 1.807) is 6.92 Å². The van der Waals surface area contributed by atoms with Crippen molar-refractivity contribution in [3.05, 3.63) is 112 Å². The molecule has 4 aliphatic carbocycles. The van der Waals surface area contributed by atoms with E-state index in [2.05, 4.69) is 25.1 Å². The molecule has 240 valence electrons. The normalized spacial score (nSPS) is 28.7. The second kappa shape index (κ2) is 10.8. The van der Waals surface area contributed by atoms with Gasteiger partial charge in [-0.1, -0.05) is 80.6 Å². The third kappa shape index (κ3) is 3.98. The van der Waals surface area contributed by atoms with Crippen LogP contribution in [0.3, 0.4) is 0 Å². The molecule has 0 saturated heterocycles. The van der Waals surface area contributed by atoms with E-state index in [1.807, 2.05) is 66.7 Å². The minimum Gasteiger partial charge on any atom is -0.488 e. The van der Waals surface area contributed by atoms with E-state index >= 15 is 9.59 Å². The largest absolute Gasteiger partial charge is 0.488 e. The summed E-state index contributed by atoms with van der Waals surface area (Å²) in [5, 5.41) is 4.23. The predicted molar refractivity (Wildman–Crippen MR) is 175 cm³/mol. The van der Waals surface area contributed by atoms with Crippen LogP contribution in [0.25, 0.3) is 0 Å². The zero-order chi connectivity index (χ0) is 32.6. The van der Waals surface area contributed by atoms with Crippen molar-refractivity contribution in [1.29, 1.82) is 0 Å². The van der Waals surface area contributed by atoms with Crippen LogP contribution in [0.4, 0.5) is 0 Å². The summed E-state index contributed by atoms with van der Waals surface area (Å²) in [6.07, 6.45) is 3.88. The van der Waals surface area contributed by atoms with E-state index < -0.39 is 16.2 Å². The van der Waals surface area contributed by atoms with Crippen LogP contribution in [0.15, 0.2) is 77.3 Å². The molecule has 0 bridgehead atoms. The van der Waals surface area contributed by atoms with Crippen LogP contribution in [0.1, 0.15) is 101 Å². The van der Waals surface area contributed by atoms with Crippen molar-refractivity contribution in [3.63, 3.8) is 0 Å². The molecule has 5 unspecified atom stereocenters. The van der Waals surface area contributed by atoms with Crippen LogP contribution in [0, 0.1) is 22.2 Å². The van der Waals surface area contributed by atoms with Crippen molar-refractivity contribution in [2.75, 3.05) is 0 Å². The number of aryl methyl sites for hydroxylation is 1. The summed E-state index contributed by atoms with van der Waals surface area (Å²) in [5.41, 5.74) is 1.60. The van der Waals surface area contributed by atoms with Crippen molar-refractivity contribution in [2.45, 2.75) is 78.4 Å². The van der Waals surface area contributed by atoms with Gasteiger partial charge in [-0.15, -0.1) is 0 Å². The lowest BCUT2D eigenvalue weighted by Gasteiger charge is -2.68. The van der Waals surface area contributed by atoms with Gasteiger partial charge in [0.15, 0.2) is 23.1 Å². The Morgan fingerprint density at radius 1 is 0.830 bits per heavy atom. The van der Waals surface area contributed by atoms with Crippen LogP contribution >= 0.6 is 0 Å². The van der Waals surface area contributed by atoms with Crippen LogP contribution < -0.4 is 9.47 Å². The lowest BCUT2D eigenvalue weighted by Crippen LogP contribution is -2.73. The van der Waals surface area contributed by atoms with Gasteiger partial charge in [0.1, 0.15) is 24.5 Å². The Kier molecular flexibility index (Phi) is 6.83. The Hall–Kier alpha value is -4.52. The van der Waals surface area contributed by atoms with Gasteiger partial charge in [-0.2, -0.15) is 0 Å². The molecule has 5 atom stereocenters. The standard InChI is InChI=1S/C40H39NO6/c1-4-26-16-17-30(45-22-24-12-8-6-9-13-24)31-28(26)20-39-18-19-40(39,35(31)43)37(44)38(3)29(21-39)27(5-2)33-32(34(38)42)36(41-47-33)46-23-25-14-10-7-11-15-25/h6-17,27,29H,4-5,18-23H2,1-3H3. The highest BCUT2D eigenvalue weighted by Gasteiger charge is 2.78. The van der Waals surface area contributed by atoms with E-state index in [-0.39, 0.29) is 47.2 Å². The maximum atomic E-state index is 15.3. The van der Waals surface area contributed by atoms with E-state index in [1.165, 1.54) is 0 Å². The van der Waals surface area contributed by atoms with Crippen LogP contribution in [0.5, 0.6) is 11.6 Å². The van der Waals surface area contributed by atoms with Crippen LogP contribution in [-0.4, -0.2) is 22.5 Å². The predicted octanol–water partition coefficient (Wildman–Crippen LogP) is 7.89. The Morgan fingerprint density at radius 2 is 1.51 bits per heavy atom. The molecule has 2 fully saturated rings. The molecule has 7 heteroatoms. The molecule has 0 aliphatic heterocycles. The van der Waals surface area contributed by atoms with Gasteiger partial charge in [-0.25, -0.2) is 0 Å². The quantitative estimate of drug-likeness (QED) is 0.183. The summed E-state index contributed by atoms with van der Waals surface area (Å²) in [7, 11) is 0. The van der Waals surface area contributed by atoms with Gasteiger partial charge < -0.3 is 14.0 Å². The van der Waals surface area contributed by atoms with Crippen molar-refractivity contribution in [3.8, 4) is 11.6 Å². The monoisotopic (exact) mass is 629 g/mol. The SMILES string of the molecule is CCc1ccc(OCc2ccccc2)c2c1CC13CCC1(C2=O)C(=O)C1(C)C(=O)c2c(OCc4ccccc4)noc2C(CC)C1C3. The number of nitrogens with zero attached hydrogens (tertiary/aromatic N) is 1. The second-order valence-electron chi connectivity index (χ2n) is 14.1. The minimum absolute atomic E-state index is 0.118. The summed E-state index contributed by atoms with van der Waals surface area (Å²) in [6.45, 7) is 6.47. The fourth-order valence-corrected chi connectivity index (χ4v) is 9.53. The highest BCUT2D eigenvalue weighted by Crippen LogP contribution is 2.74. The van der Waals surface area contributed by atoms with Crippen molar-refractivity contribution >= 4 is 17.3 Å². The Bertz CT molecular complexity index is 1910. The van der Waals surface area contributed by atoms with Gasteiger partial charge in [-0.05, 0) is 90.3 Å². The van der Waals surface area contributed by atoms with Gasteiger partial charge in [0.25, 0.3) is 5.88 Å².